The van der Waals surface area contributed by atoms with Crippen LogP contribution in [0.1, 0.15) is 63.1 Å². The van der Waals surface area contributed by atoms with E-state index in [4.69, 9.17) is 10.2 Å². The van der Waals surface area contributed by atoms with Gasteiger partial charge in [0.25, 0.3) is 0 Å². The Morgan fingerprint density at radius 3 is 2.79 bits per heavy atom. The molecule has 0 spiro atoms. The lowest BCUT2D eigenvalue weighted by Gasteiger charge is -2.29. The SMILES string of the molecule is CCCCc1cc(NC(=O)NC2CCCC3=C2C=CCC3)n(-c2ccc(CC(=O)O)cc2)n1. The van der Waals surface area contributed by atoms with Crippen molar-refractivity contribution in [3.63, 3.8) is 0 Å². The number of hydrogen-bond donors (Lipinski definition) is 3. The minimum absolute atomic E-state index is 0.0255. The first-order valence-electron chi connectivity index (χ1n) is 11.9. The van der Waals surface area contributed by atoms with Gasteiger partial charge in [0.15, 0.2) is 0 Å². The number of carboxylic acids is 1. The van der Waals surface area contributed by atoms with Gasteiger partial charge < -0.3 is 10.4 Å². The van der Waals surface area contributed by atoms with Crippen LogP contribution in [0.5, 0.6) is 0 Å². The van der Waals surface area contributed by atoms with Crippen molar-refractivity contribution in [3.8, 4) is 5.69 Å². The zero-order valence-electron chi connectivity index (χ0n) is 19.1. The largest absolute Gasteiger partial charge is 0.481 e. The third-order valence-electron chi connectivity index (χ3n) is 6.29. The number of aliphatic carboxylic acids is 1. The van der Waals surface area contributed by atoms with Gasteiger partial charge in [-0.05, 0) is 68.2 Å². The van der Waals surface area contributed by atoms with Crippen LogP contribution in [0.2, 0.25) is 0 Å². The number of rotatable bonds is 8. The molecule has 4 rings (SSSR count). The van der Waals surface area contributed by atoms with Crippen LogP contribution in [0, 0.1) is 0 Å². The molecule has 3 N–H and O–H groups in total. The maximum Gasteiger partial charge on any atom is 0.320 e. The summed E-state index contributed by atoms with van der Waals surface area (Å²) in [6.07, 6.45) is 12.6. The highest BCUT2D eigenvalue weighted by atomic mass is 16.4. The maximum atomic E-state index is 13.0. The number of carbonyl (C=O) groups excluding carboxylic acids is 1. The second-order valence-electron chi connectivity index (χ2n) is 8.82. The van der Waals surface area contributed by atoms with E-state index >= 15 is 0 Å². The van der Waals surface area contributed by atoms with Gasteiger partial charge in [-0.15, -0.1) is 0 Å². The first kappa shape index (κ1) is 22.8. The summed E-state index contributed by atoms with van der Waals surface area (Å²) in [7, 11) is 0. The summed E-state index contributed by atoms with van der Waals surface area (Å²) in [5.74, 6) is -0.259. The van der Waals surface area contributed by atoms with Crippen LogP contribution in [-0.4, -0.2) is 32.9 Å². The molecule has 2 aliphatic rings. The zero-order chi connectivity index (χ0) is 23.2. The van der Waals surface area contributed by atoms with E-state index in [1.807, 2.05) is 18.2 Å². The van der Waals surface area contributed by atoms with Crippen LogP contribution < -0.4 is 10.6 Å². The first-order chi connectivity index (χ1) is 16.0. The van der Waals surface area contributed by atoms with Crippen LogP contribution in [0.25, 0.3) is 5.69 Å². The van der Waals surface area contributed by atoms with Crippen LogP contribution in [0.15, 0.2) is 53.6 Å². The van der Waals surface area contributed by atoms with Crippen molar-refractivity contribution in [2.24, 2.45) is 0 Å². The lowest BCUT2D eigenvalue weighted by atomic mass is 9.83. The van der Waals surface area contributed by atoms with E-state index in [2.05, 4.69) is 29.7 Å². The molecule has 0 bridgehead atoms. The summed E-state index contributed by atoms with van der Waals surface area (Å²) in [6, 6.07) is 8.96. The van der Waals surface area contributed by atoms with Gasteiger partial charge >= 0.3 is 12.0 Å². The molecular weight excluding hydrogens is 416 g/mol. The number of hydrogen-bond acceptors (Lipinski definition) is 3. The highest BCUT2D eigenvalue weighted by molar-refractivity contribution is 5.89. The molecule has 0 fully saturated rings. The third-order valence-corrected chi connectivity index (χ3v) is 6.29. The van der Waals surface area contributed by atoms with E-state index in [0.29, 0.717) is 5.82 Å². The lowest BCUT2D eigenvalue weighted by molar-refractivity contribution is -0.136. The number of allylic oxidation sites excluding steroid dienone is 2. The van der Waals surface area contributed by atoms with Gasteiger partial charge in [0, 0.05) is 6.07 Å². The Morgan fingerprint density at radius 1 is 1.21 bits per heavy atom. The summed E-state index contributed by atoms with van der Waals surface area (Å²) >= 11 is 0. The smallest absolute Gasteiger partial charge is 0.320 e. The number of nitrogens with zero attached hydrogens (tertiary/aromatic N) is 2. The topological polar surface area (TPSA) is 96.2 Å². The number of aryl methyl sites for hydroxylation is 1. The van der Waals surface area contributed by atoms with Crippen LogP contribution >= 0.6 is 0 Å². The summed E-state index contributed by atoms with van der Waals surface area (Å²) in [4.78, 5) is 23.9. The minimum Gasteiger partial charge on any atom is -0.481 e. The molecule has 1 aromatic heterocycles. The normalized spacial score (nSPS) is 17.5. The molecule has 33 heavy (non-hydrogen) atoms. The Kier molecular flexibility index (Phi) is 7.27. The average molecular weight is 449 g/mol. The highest BCUT2D eigenvalue weighted by Crippen LogP contribution is 2.32. The Labute approximate surface area is 194 Å². The molecule has 0 saturated carbocycles. The summed E-state index contributed by atoms with van der Waals surface area (Å²) in [5, 5.41) is 19.9. The van der Waals surface area contributed by atoms with E-state index in [-0.39, 0.29) is 18.5 Å². The number of carboxylic acid groups (broad SMARTS) is 1. The number of urea groups is 1. The number of nitrogens with one attached hydrogen (secondary N) is 2. The molecule has 1 heterocycles. The van der Waals surface area contributed by atoms with Gasteiger partial charge in [0.2, 0.25) is 0 Å². The first-order valence-corrected chi connectivity index (χ1v) is 11.9. The third kappa shape index (κ3) is 5.72. The summed E-state index contributed by atoms with van der Waals surface area (Å²) in [5.41, 5.74) is 5.16. The Balaban J connectivity index is 1.52. The quantitative estimate of drug-likeness (QED) is 0.519. The number of aromatic nitrogens is 2. The summed E-state index contributed by atoms with van der Waals surface area (Å²) < 4.78 is 1.72. The standard InChI is InChI=1S/C26H32N4O3/c1-2-3-9-20-17-24(30(29-20)21-14-12-18(13-15-21)16-25(31)32)28-26(33)27-23-11-6-8-19-7-4-5-10-22(19)23/h5,10,12-15,17,23H,2-4,6-9,11,16H2,1H3,(H,31,32)(H2,27,28,33). The molecule has 1 unspecified atom stereocenters. The van der Waals surface area contributed by atoms with E-state index in [1.54, 1.807) is 16.8 Å². The van der Waals surface area contributed by atoms with Crippen molar-refractivity contribution in [2.75, 3.05) is 5.32 Å². The number of anilines is 1. The number of unbranched alkanes of at least 4 members (excludes halogenated alkanes) is 1. The van der Waals surface area contributed by atoms with Gasteiger partial charge in [0.05, 0.1) is 23.8 Å². The number of amides is 2. The molecule has 0 aliphatic heterocycles. The van der Waals surface area contributed by atoms with Crippen molar-refractivity contribution in [3.05, 3.63) is 64.9 Å². The van der Waals surface area contributed by atoms with Crippen LogP contribution in [0.3, 0.4) is 0 Å². The molecule has 174 valence electrons. The zero-order valence-corrected chi connectivity index (χ0v) is 19.1. The molecule has 1 aromatic carbocycles. The van der Waals surface area contributed by atoms with Crippen molar-refractivity contribution in [1.82, 2.24) is 15.1 Å². The van der Waals surface area contributed by atoms with Crippen LogP contribution in [0.4, 0.5) is 10.6 Å². The summed E-state index contributed by atoms with van der Waals surface area (Å²) in [6.45, 7) is 2.14. The fraction of sp³-hybridized carbons (Fsp3) is 0.423. The van der Waals surface area contributed by atoms with Gasteiger partial charge in [-0.2, -0.15) is 5.10 Å². The molecule has 0 saturated heterocycles. The van der Waals surface area contributed by atoms with Crippen LogP contribution in [-0.2, 0) is 17.6 Å². The maximum absolute atomic E-state index is 13.0. The van der Waals surface area contributed by atoms with Gasteiger partial charge in [-0.3, -0.25) is 10.1 Å². The minimum atomic E-state index is -0.864. The molecule has 0 radical (unpaired) electrons. The van der Waals surface area contributed by atoms with Crippen molar-refractivity contribution < 1.29 is 14.7 Å². The van der Waals surface area contributed by atoms with Crippen molar-refractivity contribution >= 4 is 17.8 Å². The van der Waals surface area contributed by atoms with Crippen molar-refractivity contribution in [1.29, 1.82) is 0 Å². The molecular formula is C26H32N4O3. The Hall–Kier alpha value is -3.35. The molecule has 2 aliphatic carbocycles. The Bertz CT molecular complexity index is 1070. The van der Waals surface area contributed by atoms with Crippen molar-refractivity contribution in [2.45, 2.75) is 70.8 Å². The van der Waals surface area contributed by atoms with Gasteiger partial charge in [-0.1, -0.05) is 43.2 Å². The molecule has 2 amide bonds. The second kappa shape index (κ2) is 10.5. The molecule has 1 atom stereocenters. The lowest BCUT2D eigenvalue weighted by Crippen LogP contribution is -2.41. The molecule has 7 heteroatoms. The van der Waals surface area contributed by atoms with E-state index in [9.17, 15) is 9.59 Å². The molecule has 2 aromatic rings. The van der Waals surface area contributed by atoms with Gasteiger partial charge in [0.1, 0.15) is 5.82 Å². The number of benzene rings is 1. The average Bonchev–Trinajstić information content (AvgIpc) is 3.20. The monoisotopic (exact) mass is 448 g/mol. The predicted molar refractivity (Wildman–Crippen MR) is 129 cm³/mol. The second-order valence-corrected chi connectivity index (χ2v) is 8.82. The predicted octanol–water partition coefficient (Wildman–Crippen LogP) is 5.16. The van der Waals surface area contributed by atoms with E-state index in [1.165, 1.54) is 11.1 Å². The fourth-order valence-corrected chi connectivity index (χ4v) is 4.62. The van der Waals surface area contributed by atoms with E-state index < -0.39 is 5.97 Å². The van der Waals surface area contributed by atoms with Gasteiger partial charge in [-0.25, -0.2) is 9.48 Å². The molecule has 7 nitrogen and oxygen atoms in total. The highest BCUT2D eigenvalue weighted by Gasteiger charge is 2.24. The number of carbonyl (C=O) groups is 2. The van der Waals surface area contributed by atoms with E-state index in [0.717, 1.165) is 68.3 Å². The fourth-order valence-electron chi connectivity index (χ4n) is 4.62. The Morgan fingerprint density at radius 2 is 2.03 bits per heavy atom.